The van der Waals surface area contributed by atoms with E-state index < -0.39 is 5.79 Å². The SMILES string of the molecule is COCO[C@@H]1CO[C@](C)(O)[C@]2(C)C[C@H](C)C[C@H](C)[C@@H]12. The van der Waals surface area contributed by atoms with Crippen LogP contribution in [0.1, 0.15) is 40.5 Å². The molecule has 19 heavy (non-hydrogen) atoms. The van der Waals surface area contributed by atoms with Gasteiger partial charge in [-0.2, -0.15) is 0 Å². The van der Waals surface area contributed by atoms with Crippen LogP contribution in [0.5, 0.6) is 0 Å². The van der Waals surface area contributed by atoms with Crippen LogP contribution in [-0.4, -0.2) is 37.5 Å². The van der Waals surface area contributed by atoms with Crippen molar-refractivity contribution in [2.24, 2.45) is 23.2 Å². The Bertz CT molecular complexity index is 317. The number of aliphatic hydroxyl groups is 1. The molecule has 112 valence electrons. The van der Waals surface area contributed by atoms with Gasteiger partial charge in [-0.05, 0) is 31.6 Å². The number of hydrogen-bond acceptors (Lipinski definition) is 4. The maximum Gasteiger partial charge on any atom is 0.168 e. The Labute approximate surface area is 116 Å². The summed E-state index contributed by atoms with van der Waals surface area (Å²) in [5, 5.41) is 10.7. The molecule has 0 aromatic heterocycles. The third kappa shape index (κ3) is 2.56. The summed E-state index contributed by atoms with van der Waals surface area (Å²) in [5.41, 5.74) is -0.263. The van der Waals surface area contributed by atoms with E-state index in [1.807, 2.05) is 0 Å². The summed E-state index contributed by atoms with van der Waals surface area (Å²) in [4.78, 5) is 0. The average Bonchev–Trinajstić information content (AvgIpc) is 2.29. The lowest BCUT2D eigenvalue weighted by Gasteiger charge is -2.59. The van der Waals surface area contributed by atoms with Crippen molar-refractivity contribution in [3.05, 3.63) is 0 Å². The highest BCUT2D eigenvalue weighted by Crippen LogP contribution is 2.56. The Morgan fingerprint density at radius 1 is 1.32 bits per heavy atom. The number of methoxy groups -OCH3 is 1. The third-order valence-corrected chi connectivity index (χ3v) is 5.28. The molecule has 0 aromatic rings. The van der Waals surface area contributed by atoms with Crippen molar-refractivity contribution in [1.29, 1.82) is 0 Å². The van der Waals surface area contributed by atoms with Crippen molar-refractivity contribution in [3.8, 4) is 0 Å². The zero-order valence-electron chi connectivity index (χ0n) is 12.8. The molecule has 2 rings (SSSR count). The molecule has 1 saturated carbocycles. The Balaban J connectivity index is 2.26. The van der Waals surface area contributed by atoms with Gasteiger partial charge in [0.15, 0.2) is 5.79 Å². The molecule has 4 nitrogen and oxygen atoms in total. The summed E-state index contributed by atoms with van der Waals surface area (Å²) in [7, 11) is 1.63. The zero-order chi connectivity index (χ0) is 14.3. The molecule has 2 aliphatic rings. The highest BCUT2D eigenvalue weighted by Gasteiger charge is 2.59. The normalized spacial score (nSPS) is 50.8. The smallest absolute Gasteiger partial charge is 0.168 e. The molecule has 0 amide bonds. The molecule has 6 atom stereocenters. The Kier molecular flexibility index (Phi) is 4.26. The molecule has 0 unspecified atom stereocenters. The van der Waals surface area contributed by atoms with Gasteiger partial charge in [-0.3, -0.25) is 0 Å². The van der Waals surface area contributed by atoms with Crippen LogP contribution in [-0.2, 0) is 14.2 Å². The second-order valence-electron chi connectivity index (χ2n) is 6.87. The lowest BCUT2D eigenvalue weighted by Crippen LogP contribution is -2.63. The Hall–Kier alpha value is -0.160. The number of hydrogen-bond donors (Lipinski definition) is 1. The average molecular weight is 272 g/mol. The van der Waals surface area contributed by atoms with Gasteiger partial charge in [0.25, 0.3) is 0 Å². The van der Waals surface area contributed by atoms with Crippen molar-refractivity contribution in [2.45, 2.75) is 52.4 Å². The van der Waals surface area contributed by atoms with Crippen LogP contribution in [0.4, 0.5) is 0 Å². The topological polar surface area (TPSA) is 47.9 Å². The van der Waals surface area contributed by atoms with Gasteiger partial charge >= 0.3 is 0 Å². The highest BCUT2D eigenvalue weighted by atomic mass is 16.7. The number of rotatable bonds is 3. The van der Waals surface area contributed by atoms with Crippen LogP contribution in [0.25, 0.3) is 0 Å². The largest absolute Gasteiger partial charge is 0.365 e. The van der Waals surface area contributed by atoms with E-state index in [2.05, 4.69) is 20.8 Å². The molecule has 1 heterocycles. The van der Waals surface area contributed by atoms with E-state index in [0.717, 1.165) is 6.42 Å². The minimum absolute atomic E-state index is 0.00711. The van der Waals surface area contributed by atoms with Crippen LogP contribution in [0.2, 0.25) is 0 Å². The predicted octanol–water partition coefficient (Wildman–Crippen LogP) is 2.40. The molecular formula is C15H28O4. The standard InChI is InChI=1S/C15H28O4/c1-10-6-11(2)13-12(18-9-17-5)8-19-15(4,16)14(13,3)7-10/h10-13,16H,6-9H2,1-5H3/t10-,11+,12-,13+,14-,15+/m1/s1. The second kappa shape index (κ2) is 5.32. The Morgan fingerprint density at radius 3 is 2.63 bits per heavy atom. The van der Waals surface area contributed by atoms with E-state index in [0.29, 0.717) is 24.4 Å². The summed E-state index contributed by atoms with van der Waals surface area (Å²) in [6.07, 6.45) is 2.16. The van der Waals surface area contributed by atoms with Gasteiger partial charge in [-0.15, -0.1) is 0 Å². The molecule has 4 heteroatoms. The van der Waals surface area contributed by atoms with Gasteiger partial charge in [-0.25, -0.2) is 0 Å². The lowest BCUT2D eigenvalue weighted by molar-refractivity contribution is -0.346. The van der Waals surface area contributed by atoms with Crippen LogP contribution in [0, 0.1) is 23.2 Å². The van der Waals surface area contributed by atoms with Crippen LogP contribution < -0.4 is 0 Å². The van der Waals surface area contributed by atoms with E-state index in [1.165, 1.54) is 6.42 Å². The van der Waals surface area contributed by atoms with E-state index in [-0.39, 0.29) is 18.3 Å². The number of ether oxygens (including phenoxy) is 3. The van der Waals surface area contributed by atoms with Crippen molar-refractivity contribution >= 4 is 0 Å². The zero-order valence-corrected chi connectivity index (χ0v) is 12.8. The first-order valence-electron chi connectivity index (χ1n) is 7.28. The number of fused-ring (bicyclic) bond motifs is 1. The van der Waals surface area contributed by atoms with Crippen molar-refractivity contribution < 1.29 is 19.3 Å². The summed E-state index contributed by atoms with van der Waals surface area (Å²) in [5.74, 6) is 0.356. The molecule has 0 aromatic carbocycles. The second-order valence-corrected chi connectivity index (χ2v) is 6.87. The van der Waals surface area contributed by atoms with Gasteiger partial charge in [0.2, 0.25) is 0 Å². The quantitative estimate of drug-likeness (QED) is 0.802. The third-order valence-electron chi connectivity index (χ3n) is 5.28. The van der Waals surface area contributed by atoms with Crippen LogP contribution in [0.15, 0.2) is 0 Å². The molecular weight excluding hydrogens is 244 g/mol. The fourth-order valence-electron chi connectivity index (χ4n) is 4.45. The lowest BCUT2D eigenvalue weighted by atomic mass is 9.54. The van der Waals surface area contributed by atoms with Gasteiger partial charge in [0.1, 0.15) is 6.79 Å². The molecule has 0 spiro atoms. The molecule has 0 radical (unpaired) electrons. The monoisotopic (exact) mass is 272 g/mol. The van der Waals surface area contributed by atoms with Crippen LogP contribution in [0.3, 0.4) is 0 Å². The van der Waals surface area contributed by atoms with Crippen molar-refractivity contribution in [2.75, 3.05) is 20.5 Å². The molecule has 2 fully saturated rings. The maximum atomic E-state index is 10.7. The van der Waals surface area contributed by atoms with E-state index in [1.54, 1.807) is 14.0 Å². The molecule has 1 saturated heterocycles. The first kappa shape index (κ1) is 15.2. The van der Waals surface area contributed by atoms with Crippen molar-refractivity contribution in [3.63, 3.8) is 0 Å². The van der Waals surface area contributed by atoms with Gasteiger partial charge in [-0.1, -0.05) is 20.8 Å². The molecule has 1 N–H and O–H groups in total. The molecule has 1 aliphatic carbocycles. The minimum Gasteiger partial charge on any atom is -0.365 e. The summed E-state index contributed by atoms with van der Waals surface area (Å²) < 4.78 is 16.6. The fourth-order valence-corrected chi connectivity index (χ4v) is 4.45. The summed E-state index contributed by atoms with van der Waals surface area (Å²) >= 11 is 0. The van der Waals surface area contributed by atoms with Crippen molar-refractivity contribution in [1.82, 2.24) is 0 Å². The predicted molar refractivity (Wildman–Crippen MR) is 72.5 cm³/mol. The Morgan fingerprint density at radius 2 is 2.00 bits per heavy atom. The summed E-state index contributed by atoms with van der Waals surface area (Å²) in [6, 6.07) is 0. The van der Waals surface area contributed by atoms with Crippen LogP contribution >= 0.6 is 0 Å². The van der Waals surface area contributed by atoms with E-state index >= 15 is 0 Å². The van der Waals surface area contributed by atoms with E-state index in [4.69, 9.17) is 14.2 Å². The van der Waals surface area contributed by atoms with Gasteiger partial charge < -0.3 is 19.3 Å². The first-order valence-corrected chi connectivity index (χ1v) is 7.28. The van der Waals surface area contributed by atoms with Gasteiger partial charge in [0, 0.05) is 18.4 Å². The maximum absolute atomic E-state index is 10.7. The summed E-state index contributed by atoms with van der Waals surface area (Å²) in [6.45, 7) is 9.20. The highest BCUT2D eigenvalue weighted by molar-refractivity contribution is 5.04. The molecule has 0 bridgehead atoms. The van der Waals surface area contributed by atoms with Gasteiger partial charge in [0.05, 0.1) is 12.7 Å². The van der Waals surface area contributed by atoms with E-state index in [9.17, 15) is 5.11 Å². The first-order chi connectivity index (χ1) is 8.82. The molecule has 1 aliphatic heterocycles. The minimum atomic E-state index is -1.08. The fraction of sp³-hybridized carbons (Fsp3) is 1.00.